The van der Waals surface area contributed by atoms with Gasteiger partial charge < -0.3 is 0 Å². The van der Waals surface area contributed by atoms with Crippen LogP contribution >= 0.6 is 0 Å². The summed E-state index contributed by atoms with van der Waals surface area (Å²) in [6, 6.07) is 0. The van der Waals surface area contributed by atoms with Crippen LogP contribution in [0.15, 0.2) is 0 Å². The van der Waals surface area contributed by atoms with E-state index in [2.05, 4.69) is 0 Å². The minimum absolute atomic E-state index is 0.193. The largest absolute Gasteiger partial charge is 0.231 e. The van der Waals surface area contributed by atoms with Crippen molar-refractivity contribution in [3.8, 4) is 0 Å². The lowest BCUT2D eigenvalue weighted by atomic mass is 10.00. The predicted molar refractivity (Wildman–Crippen MR) is 39.2 cm³/mol. The van der Waals surface area contributed by atoms with E-state index in [1.54, 1.807) is 13.8 Å². The van der Waals surface area contributed by atoms with Crippen LogP contribution in [0.3, 0.4) is 0 Å². The topological polar surface area (TPSA) is 34.1 Å². The van der Waals surface area contributed by atoms with Gasteiger partial charge in [-0.25, -0.2) is 8.42 Å². The lowest BCUT2D eigenvalue weighted by Gasteiger charge is -2.20. The van der Waals surface area contributed by atoms with Gasteiger partial charge in [0.15, 0.2) is 0 Å². The molecule has 0 saturated carbocycles. The van der Waals surface area contributed by atoms with Gasteiger partial charge in [-0.05, 0) is 19.8 Å². The highest BCUT2D eigenvalue weighted by Gasteiger charge is 2.25. The van der Waals surface area contributed by atoms with Crippen molar-refractivity contribution in [1.29, 1.82) is 0 Å². The predicted octanol–water partition coefficient (Wildman–Crippen LogP) is 1.03. The van der Waals surface area contributed by atoms with Gasteiger partial charge in [-0.1, -0.05) is 13.8 Å². The van der Waals surface area contributed by atoms with Crippen LogP contribution in [0, 0.1) is 5.92 Å². The lowest BCUT2D eigenvalue weighted by Crippen LogP contribution is -2.28. The molecule has 0 amide bonds. The second-order valence-corrected chi connectivity index (χ2v) is 4.73. The highest BCUT2D eigenvalue weighted by Crippen LogP contribution is 2.18. The highest BCUT2D eigenvalue weighted by atomic mass is 32.2. The van der Waals surface area contributed by atoms with E-state index in [1.807, 2.05) is 13.8 Å². The van der Waals surface area contributed by atoms with Gasteiger partial charge in [-0.2, -0.15) is 0 Å². The van der Waals surface area contributed by atoms with Crippen molar-refractivity contribution in [3.63, 3.8) is 0 Å². The van der Waals surface area contributed by atoms with Gasteiger partial charge in [0.1, 0.15) is 10.7 Å². The molecule has 0 aliphatic rings. The minimum Gasteiger partial charge on any atom is -0.231 e. The van der Waals surface area contributed by atoms with E-state index in [1.165, 1.54) is 0 Å². The molecule has 0 heterocycles. The molecule has 0 atom stereocenters. The molecule has 0 fully saturated rings. The molecule has 0 aromatic heterocycles. The highest BCUT2D eigenvalue weighted by molar-refractivity contribution is 7.74. The Morgan fingerprint density at radius 3 is 1.56 bits per heavy atom. The van der Waals surface area contributed by atoms with Crippen molar-refractivity contribution in [1.82, 2.24) is 0 Å². The van der Waals surface area contributed by atoms with Crippen molar-refractivity contribution in [2.75, 3.05) is 0 Å². The number of rotatable bonds is 2. The molecule has 9 heavy (non-hydrogen) atoms. The van der Waals surface area contributed by atoms with Gasteiger partial charge >= 0.3 is 0 Å². The zero-order valence-electron chi connectivity index (χ0n) is 6.34. The monoisotopic (exact) mass is 150 g/mol. The van der Waals surface area contributed by atoms with E-state index in [4.69, 9.17) is 0 Å². The Morgan fingerprint density at radius 2 is 1.56 bits per heavy atom. The van der Waals surface area contributed by atoms with Crippen LogP contribution in [-0.4, -0.2) is 13.2 Å². The first-order chi connectivity index (χ1) is 3.89. The molecular weight excluding hydrogens is 136 g/mol. The first-order valence-electron chi connectivity index (χ1n) is 3.03. The molecule has 0 bridgehead atoms. The summed E-state index contributed by atoms with van der Waals surface area (Å²) in [5.41, 5.74) is 0. The third-order valence-corrected chi connectivity index (χ3v) is 3.34. The molecule has 0 aliphatic heterocycles. The SMILES string of the molecule is CC(C)C(C)(C)[SH](=O)=O. The van der Waals surface area contributed by atoms with Gasteiger partial charge in [0.05, 0.1) is 4.75 Å². The molecule has 2 nitrogen and oxygen atoms in total. The van der Waals surface area contributed by atoms with Crippen molar-refractivity contribution in [3.05, 3.63) is 0 Å². The molecule has 0 aromatic carbocycles. The Morgan fingerprint density at radius 1 is 1.22 bits per heavy atom. The van der Waals surface area contributed by atoms with E-state index >= 15 is 0 Å². The van der Waals surface area contributed by atoms with E-state index in [9.17, 15) is 8.42 Å². The maximum absolute atomic E-state index is 10.5. The third-order valence-electron chi connectivity index (χ3n) is 1.88. The average Bonchev–Trinajstić information content (AvgIpc) is 1.65. The Hall–Kier alpha value is -0.0500. The average molecular weight is 150 g/mol. The molecule has 0 rings (SSSR count). The second kappa shape index (κ2) is 2.69. The summed E-state index contributed by atoms with van der Waals surface area (Å²) in [7, 11) is -2.28. The summed E-state index contributed by atoms with van der Waals surface area (Å²) >= 11 is 0. The van der Waals surface area contributed by atoms with Crippen molar-refractivity contribution in [2.45, 2.75) is 32.4 Å². The summed E-state index contributed by atoms with van der Waals surface area (Å²) < 4.78 is 20.5. The van der Waals surface area contributed by atoms with E-state index in [0.29, 0.717) is 0 Å². The van der Waals surface area contributed by atoms with Gasteiger partial charge in [0.2, 0.25) is 0 Å². The van der Waals surface area contributed by atoms with Crippen molar-refractivity contribution < 1.29 is 8.42 Å². The van der Waals surface area contributed by atoms with Gasteiger partial charge in [0.25, 0.3) is 0 Å². The molecular formula is C6H14O2S. The summed E-state index contributed by atoms with van der Waals surface area (Å²) in [6.07, 6.45) is 0. The number of thiol groups is 1. The molecule has 3 heteroatoms. The fourth-order valence-corrected chi connectivity index (χ4v) is 0.632. The van der Waals surface area contributed by atoms with Crippen LogP contribution in [0.25, 0.3) is 0 Å². The molecule has 0 spiro atoms. The van der Waals surface area contributed by atoms with Crippen molar-refractivity contribution in [2.24, 2.45) is 5.92 Å². The maximum Gasteiger partial charge on any atom is 0.145 e. The number of hydrogen-bond donors (Lipinski definition) is 1. The Kier molecular flexibility index (Phi) is 2.67. The molecule has 0 unspecified atom stereocenters. The first-order valence-corrected chi connectivity index (χ1v) is 4.21. The standard InChI is InChI=1S/C6H14O2S/c1-5(2)6(3,4)9(7)8/h5,9H,1-4H3. The Balaban J connectivity index is 4.38. The van der Waals surface area contributed by atoms with Crippen LogP contribution in [-0.2, 0) is 10.7 Å². The quantitative estimate of drug-likeness (QED) is 0.597. The minimum atomic E-state index is -2.28. The molecule has 56 valence electrons. The summed E-state index contributed by atoms with van der Waals surface area (Å²) in [4.78, 5) is 0. The van der Waals surface area contributed by atoms with E-state index in [0.717, 1.165) is 0 Å². The fraction of sp³-hybridized carbons (Fsp3) is 1.00. The molecule has 0 aliphatic carbocycles. The van der Waals surface area contributed by atoms with Crippen molar-refractivity contribution >= 4 is 10.7 Å². The van der Waals surface area contributed by atoms with Crippen LogP contribution in [0.4, 0.5) is 0 Å². The van der Waals surface area contributed by atoms with Crippen LogP contribution in [0.2, 0.25) is 0 Å². The van der Waals surface area contributed by atoms with Gasteiger partial charge in [-0.3, -0.25) is 0 Å². The first kappa shape index (κ1) is 8.95. The van der Waals surface area contributed by atoms with Crippen LogP contribution < -0.4 is 0 Å². The third kappa shape index (κ3) is 1.97. The summed E-state index contributed by atoms with van der Waals surface area (Å²) in [6.45, 7) is 7.29. The van der Waals surface area contributed by atoms with Gasteiger partial charge in [-0.15, -0.1) is 0 Å². The Labute approximate surface area is 58.2 Å². The summed E-state index contributed by atoms with van der Waals surface area (Å²) in [5.74, 6) is 0.193. The lowest BCUT2D eigenvalue weighted by molar-refractivity contribution is 0.466. The normalized spacial score (nSPS) is 13.1. The Bertz CT molecular complexity index is 148. The second-order valence-electron chi connectivity index (χ2n) is 3.07. The zero-order chi connectivity index (χ0) is 7.65. The number of hydrogen-bond acceptors (Lipinski definition) is 2. The van der Waals surface area contributed by atoms with Crippen LogP contribution in [0.5, 0.6) is 0 Å². The van der Waals surface area contributed by atoms with Crippen LogP contribution in [0.1, 0.15) is 27.7 Å². The van der Waals surface area contributed by atoms with Gasteiger partial charge in [0, 0.05) is 0 Å². The smallest absolute Gasteiger partial charge is 0.145 e. The molecule has 0 N–H and O–H groups in total. The maximum atomic E-state index is 10.5. The molecule has 0 saturated heterocycles. The molecule has 0 radical (unpaired) electrons. The molecule has 0 aromatic rings. The van der Waals surface area contributed by atoms with E-state index in [-0.39, 0.29) is 5.92 Å². The fourth-order valence-electron chi connectivity index (χ4n) is 0.211. The summed E-state index contributed by atoms with van der Waals surface area (Å²) in [5, 5.41) is 0. The van der Waals surface area contributed by atoms with E-state index < -0.39 is 15.5 Å². The zero-order valence-corrected chi connectivity index (χ0v) is 7.24.